The van der Waals surface area contributed by atoms with E-state index in [2.05, 4.69) is 95.3 Å². The van der Waals surface area contributed by atoms with Gasteiger partial charge < -0.3 is 4.74 Å². The Bertz CT molecular complexity index is 1320. The molecule has 0 bridgehead atoms. The fraction of sp³-hybridized carbons (Fsp3) is 0.486. The summed E-state index contributed by atoms with van der Waals surface area (Å²) in [5.74, 6) is 1.50. The maximum absolute atomic E-state index is 13.6. The van der Waals surface area contributed by atoms with E-state index in [1.54, 1.807) is 0 Å². The third-order valence-electron chi connectivity index (χ3n) is 9.28. The summed E-state index contributed by atoms with van der Waals surface area (Å²) in [6.45, 7) is 13.8. The summed E-state index contributed by atoms with van der Waals surface area (Å²) in [4.78, 5) is 2.56. The molecule has 0 N–H and O–H groups in total. The normalized spacial score (nSPS) is 18.1. The minimum Gasteiger partial charge on any atom is -0.493 e. The first-order valence-electron chi connectivity index (χ1n) is 14.9. The fourth-order valence-electron chi connectivity index (χ4n) is 6.68. The highest BCUT2D eigenvalue weighted by Gasteiger charge is 2.34. The second-order valence-electron chi connectivity index (χ2n) is 12.2. The summed E-state index contributed by atoms with van der Waals surface area (Å²) in [6.07, 6.45) is 6.53. The molecule has 3 aromatic rings. The highest BCUT2D eigenvalue weighted by molar-refractivity contribution is 6.53. The molecule has 205 valence electrons. The molecule has 1 saturated heterocycles. The van der Waals surface area contributed by atoms with E-state index in [4.69, 9.17) is 4.74 Å². The highest BCUT2D eigenvalue weighted by Crippen LogP contribution is 2.42. The van der Waals surface area contributed by atoms with Crippen LogP contribution in [0.5, 0.6) is 5.75 Å². The van der Waals surface area contributed by atoms with Crippen molar-refractivity contribution < 1.29 is 9.13 Å². The van der Waals surface area contributed by atoms with Gasteiger partial charge in [-0.2, -0.15) is 0 Å². The van der Waals surface area contributed by atoms with Crippen LogP contribution in [0.25, 0.3) is 11.1 Å². The Hall–Kier alpha value is -2.59. The predicted octanol–water partition coefficient (Wildman–Crippen LogP) is 7.73. The minimum atomic E-state index is -0.401. The van der Waals surface area contributed by atoms with Crippen LogP contribution in [0.1, 0.15) is 79.3 Å². The summed E-state index contributed by atoms with van der Waals surface area (Å²) >= 11 is 0. The lowest BCUT2D eigenvalue weighted by molar-refractivity contribution is 0.0123. The van der Waals surface area contributed by atoms with Crippen molar-refractivity contribution in [2.24, 2.45) is 0 Å². The molecule has 1 radical (unpaired) electrons. The van der Waals surface area contributed by atoms with E-state index in [-0.39, 0.29) is 0 Å². The zero-order valence-electron chi connectivity index (χ0n) is 24.6. The van der Waals surface area contributed by atoms with Gasteiger partial charge >= 0.3 is 0 Å². The standard InChI is InChI=1S/C35H44BFNO/c1-6-36-33-22-27(24(2)20-28(33)23-37)21-26-14-15-32-30(26)11-7-12-31(32)29-10-8-13-34(25(29)3)39-19-9-17-38-18-16-35(38,4)5/h7-8,10-13,20,22,26H,6,9,14-19,21,23H2,1-5H3. The molecule has 2 nitrogen and oxygen atoms in total. The van der Waals surface area contributed by atoms with Gasteiger partial charge in [0.05, 0.1) is 6.61 Å². The van der Waals surface area contributed by atoms with Crippen LogP contribution in [-0.4, -0.2) is 37.4 Å². The number of nitrogens with zero attached hydrogens (tertiary/aromatic N) is 1. The fourth-order valence-corrected chi connectivity index (χ4v) is 6.68. The number of alkyl halides is 1. The molecule has 1 aliphatic heterocycles. The first-order valence-corrected chi connectivity index (χ1v) is 14.9. The monoisotopic (exact) mass is 524 g/mol. The van der Waals surface area contributed by atoms with Gasteiger partial charge in [0.25, 0.3) is 0 Å². The topological polar surface area (TPSA) is 12.5 Å². The highest BCUT2D eigenvalue weighted by atomic mass is 19.1. The third-order valence-corrected chi connectivity index (χ3v) is 9.28. The molecule has 0 saturated carbocycles. The number of aryl methyl sites for hydroxylation is 1. The van der Waals surface area contributed by atoms with Crippen LogP contribution >= 0.6 is 0 Å². The van der Waals surface area contributed by atoms with Gasteiger partial charge in [-0.15, -0.1) is 0 Å². The summed E-state index contributed by atoms with van der Waals surface area (Å²) in [6, 6.07) is 17.6. The molecule has 1 fully saturated rings. The predicted molar refractivity (Wildman–Crippen MR) is 164 cm³/mol. The molecule has 4 heteroatoms. The zero-order valence-corrected chi connectivity index (χ0v) is 24.6. The maximum atomic E-state index is 13.6. The number of benzene rings is 3. The van der Waals surface area contributed by atoms with Crippen molar-refractivity contribution in [3.05, 3.63) is 81.9 Å². The van der Waals surface area contributed by atoms with Crippen LogP contribution in [0, 0.1) is 13.8 Å². The van der Waals surface area contributed by atoms with Crippen LogP contribution in [0.15, 0.2) is 48.5 Å². The second-order valence-corrected chi connectivity index (χ2v) is 12.2. The van der Waals surface area contributed by atoms with Crippen molar-refractivity contribution in [2.75, 3.05) is 19.7 Å². The molecular weight excluding hydrogens is 480 g/mol. The summed E-state index contributed by atoms with van der Waals surface area (Å²) in [5.41, 5.74) is 11.6. The largest absolute Gasteiger partial charge is 0.493 e. The summed E-state index contributed by atoms with van der Waals surface area (Å²) in [7, 11) is 2.15. The molecule has 3 aromatic carbocycles. The van der Waals surface area contributed by atoms with Gasteiger partial charge in [0.2, 0.25) is 0 Å². The van der Waals surface area contributed by atoms with E-state index in [9.17, 15) is 4.39 Å². The van der Waals surface area contributed by atoms with Gasteiger partial charge in [0, 0.05) is 18.6 Å². The molecule has 0 amide bonds. The maximum Gasteiger partial charge on any atom is 0.151 e. The van der Waals surface area contributed by atoms with E-state index in [1.165, 1.54) is 51.9 Å². The second kappa shape index (κ2) is 11.9. The van der Waals surface area contributed by atoms with Crippen molar-refractivity contribution in [1.29, 1.82) is 0 Å². The zero-order chi connectivity index (χ0) is 27.6. The molecule has 1 atom stereocenters. The molecule has 1 unspecified atom stereocenters. The number of likely N-dealkylation sites (tertiary alicyclic amines) is 1. The van der Waals surface area contributed by atoms with Gasteiger partial charge in [-0.3, -0.25) is 4.90 Å². The quantitative estimate of drug-likeness (QED) is 0.188. The molecule has 39 heavy (non-hydrogen) atoms. The lowest BCUT2D eigenvalue weighted by Crippen LogP contribution is -2.55. The first kappa shape index (κ1) is 28.0. The van der Waals surface area contributed by atoms with Crippen LogP contribution in [0.4, 0.5) is 4.39 Å². The van der Waals surface area contributed by atoms with Gasteiger partial charge in [-0.1, -0.05) is 61.2 Å². The van der Waals surface area contributed by atoms with Crippen LogP contribution in [0.2, 0.25) is 6.32 Å². The number of hydrogen-bond donors (Lipinski definition) is 0. The Kier molecular flexibility index (Phi) is 8.52. The van der Waals surface area contributed by atoms with E-state index < -0.39 is 6.67 Å². The smallest absolute Gasteiger partial charge is 0.151 e. The molecule has 0 spiro atoms. The number of fused-ring (bicyclic) bond motifs is 1. The molecular formula is C35H44BFNO. The third kappa shape index (κ3) is 5.82. The molecule has 0 aromatic heterocycles. The number of hydrogen-bond acceptors (Lipinski definition) is 2. The molecule has 1 heterocycles. The van der Waals surface area contributed by atoms with E-state index in [1.807, 2.05) is 0 Å². The van der Waals surface area contributed by atoms with Gasteiger partial charge in [-0.05, 0) is 116 Å². The van der Waals surface area contributed by atoms with Crippen LogP contribution in [0.3, 0.4) is 0 Å². The van der Waals surface area contributed by atoms with Gasteiger partial charge in [-0.25, -0.2) is 4.39 Å². The Morgan fingerprint density at radius 2 is 1.85 bits per heavy atom. The number of rotatable bonds is 11. The molecule has 1 aliphatic carbocycles. The van der Waals surface area contributed by atoms with Crippen LogP contribution < -0.4 is 10.2 Å². The SMILES string of the molecule is CC[B]c1cc(CC2CCc3c(-c4cccc(OCCCN5CCC5(C)C)c4C)cccc32)c(C)cc1CF. The van der Waals surface area contributed by atoms with Crippen molar-refractivity contribution in [3.8, 4) is 16.9 Å². The lowest BCUT2D eigenvalue weighted by Gasteiger charge is -2.48. The molecule has 2 aliphatic rings. The summed E-state index contributed by atoms with van der Waals surface area (Å²) < 4.78 is 19.9. The Labute approximate surface area is 236 Å². The average molecular weight is 525 g/mol. The van der Waals surface area contributed by atoms with E-state index in [0.717, 1.165) is 61.9 Å². The molecule has 5 rings (SSSR count). The average Bonchev–Trinajstić information content (AvgIpc) is 3.33. The first-order chi connectivity index (χ1) is 18.8. The number of ether oxygens (including phenoxy) is 1. The van der Waals surface area contributed by atoms with E-state index >= 15 is 0 Å². The minimum absolute atomic E-state index is 0.355. The number of halogens is 1. The Morgan fingerprint density at radius 1 is 1.05 bits per heavy atom. The Morgan fingerprint density at radius 3 is 2.56 bits per heavy atom. The van der Waals surface area contributed by atoms with Crippen molar-refractivity contribution in [3.63, 3.8) is 0 Å². The summed E-state index contributed by atoms with van der Waals surface area (Å²) in [5, 5.41) is 0. The van der Waals surface area contributed by atoms with Crippen LogP contribution in [-0.2, 0) is 19.5 Å². The van der Waals surface area contributed by atoms with Crippen molar-refractivity contribution >= 4 is 12.7 Å². The van der Waals surface area contributed by atoms with E-state index in [0.29, 0.717) is 11.5 Å². The Balaban J connectivity index is 1.32. The lowest BCUT2D eigenvalue weighted by atomic mass is 9.65. The van der Waals surface area contributed by atoms with Crippen molar-refractivity contribution in [2.45, 2.75) is 91.2 Å². The van der Waals surface area contributed by atoms with Crippen molar-refractivity contribution in [1.82, 2.24) is 4.90 Å². The van der Waals surface area contributed by atoms with Gasteiger partial charge in [0.1, 0.15) is 12.4 Å². The van der Waals surface area contributed by atoms with Gasteiger partial charge in [0.15, 0.2) is 7.28 Å².